The fourth-order valence-corrected chi connectivity index (χ4v) is 3.02. The third-order valence-electron chi connectivity index (χ3n) is 4.55. The van der Waals surface area contributed by atoms with Gasteiger partial charge in [-0.15, -0.1) is 0 Å². The summed E-state index contributed by atoms with van der Waals surface area (Å²) < 4.78 is 16.3. The highest BCUT2D eigenvalue weighted by Crippen LogP contribution is 2.34. The number of rotatable bonds is 5. The molecule has 1 amide bonds. The van der Waals surface area contributed by atoms with Crippen molar-refractivity contribution >= 4 is 5.91 Å². The number of hydrogen-bond acceptors (Lipinski definition) is 4. The molecule has 130 valence electrons. The summed E-state index contributed by atoms with van der Waals surface area (Å²) in [7, 11) is 1.65. The Bertz CT molecular complexity index is 768. The monoisotopic (exact) mass is 339 g/mol. The van der Waals surface area contributed by atoms with Crippen molar-refractivity contribution in [2.24, 2.45) is 0 Å². The molecule has 0 aromatic heterocycles. The molecular weight excluding hydrogens is 318 g/mol. The second-order valence-electron chi connectivity index (χ2n) is 6.37. The predicted molar refractivity (Wildman–Crippen MR) is 93.3 cm³/mol. The largest absolute Gasteiger partial charge is 0.497 e. The minimum Gasteiger partial charge on any atom is -0.497 e. The summed E-state index contributed by atoms with van der Waals surface area (Å²) in [5.41, 5.74) is 1.74. The minimum atomic E-state index is 0.0373. The van der Waals surface area contributed by atoms with Crippen molar-refractivity contribution < 1.29 is 19.0 Å². The third kappa shape index (κ3) is 3.40. The SMILES string of the molecule is COc1ccc(CN(C(=O)c2ccc3c(c2)OCCO3)C2CC2)cc1. The van der Waals surface area contributed by atoms with Gasteiger partial charge in [0.1, 0.15) is 19.0 Å². The van der Waals surface area contributed by atoms with E-state index in [1.807, 2.05) is 41.3 Å². The molecule has 4 rings (SSSR count). The number of fused-ring (bicyclic) bond motifs is 1. The van der Waals surface area contributed by atoms with Crippen LogP contribution in [0.5, 0.6) is 17.2 Å². The minimum absolute atomic E-state index is 0.0373. The first-order valence-corrected chi connectivity index (χ1v) is 8.58. The highest BCUT2D eigenvalue weighted by molar-refractivity contribution is 5.95. The maximum atomic E-state index is 13.0. The zero-order chi connectivity index (χ0) is 17.2. The van der Waals surface area contributed by atoms with Crippen molar-refractivity contribution in [3.8, 4) is 17.2 Å². The maximum Gasteiger partial charge on any atom is 0.254 e. The molecule has 25 heavy (non-hydrogen) atoms. The van der Waals surface area contributed by atoms with Crippen LogP contribution < -0.4 is 14.2 Å². The van der Waals surface area contributed by atoms with Crippen molar-refractivity contribution in [2.45, 2.75) is 25.4 Å². The number of amides is 1. The Hall–Kier alpha value is -2.69. The highest BCUT2D eigenvalue weighted by atomic mass is 16.6. The van der Waals surface area contributed by atoms with Gasteiger partial charge in [-0.05, 0) is 48.7 Å². The zero-order valence-corrected chi connectivity index (χ0v) is 14.2. The summed E-state index contributed by atoms with van der Waals surface area (Å²) in [5, 5.41) is 0. The molecule has 0 N–H and O–H groups in total. The van der Waals surface area contributed by atoms with Crippen LogP contribution in [0.3, 0.4) is 0 Å². The fourth-order valence-electron chi connectivity index (χ4n) is 3.02. The van der Waals surface area contributed by atoms with E-state index < -0.39 is 0 Å². The lowest BCUT2D eigenvalue weighted by atomic mass is 10.1. The molecule has 5 nitrogen and oxygen atoms in total. The topological polar surface area (TPSA) is 48.0 Å². The van der Waals surface area contributed by atoms with E-state index in [1.165, 1.54) is 0 Å². The number of carbonyl (C=O) groups excluding carboxylic acids is 1. The predicted octanol–water partition coefficient (Wildman–Crippen LogP) is 3.27. The van der Waals surface area contributed by atoms with Crippen LogP contribution in [0.25, 0.3) is 0 Å². The van der Waals surface area contributed by atoms with Crippen LogP contribution in [-0.4, -0.2) is 37.2 Å². The summed E-state index contributed by atoms with van der Waals surface area (Å²) in [5.74, 6) is 2.21. The third-order valence-corrected chi connectivity index (χ3v) is 4.55. The molecule has 0 atom stereocenters. The van der Waals surface area contributed by atoms with Crippen molar-refractivity contribution in [1.29, 1.82) is 0 Å². The summed E-state index contributed by atoms with van der Waals surface area (Å²) in [6.07, 6.45) is 2.12. The normalized spacial score (nSPS) is 15.6. The van der Waals surface area contributed by atoms with Crippen molar-refractivity contribution in [2.75, 3.05) is 20.3 Å². The van der Waals surface area contributed by atoms with E-state index in [2.05, 4.69) is 0 Å². The quantitative estimate of drug-likeness (QED) is 0.839. The average Bonchev–Trinajstić information content (AvgIpc) is 3.51. The van der Waals surface area contributed by atoms with Gasteiger partial charge < -0.3 is 19.1 Å². The zero-order valence-electron chi connectivity index (χ0n) is 14.2. The smallest absolute Gasteiger partial charge is 0.254 e. The van der Waals surface area contributed by atoms with Crippen LogP contribution >= 0.6 is 0 Å². The van der Waals surface area contributed by atoms with Crippen molar-refractivity contribution in [3.05, 3.63) is 53.6 Å². The Morgan fingerprint density at radius 3 is 2.48 bits per heavy atom. The number of benzene rings is 2. The van der Waals surface area contributed by atoms with E-state index in [9.17, 15) is 4.79 Å². The molecule has 2 aromatic rings. The second kappa shape index (κ2) is 6.67. The highest BCUT2D eigenvalue weighted by Gasteiger charge is 2.33. The molecule has 2 aliphatic rings. The van der Waals surface area contributed by atoms with Crippen LogP contribution in [-0.2, 0) is 6.54 Å². The first kappa shape index (κ1) is 15.8. The van der Waals surface area contributed by atoms with Gasteiger partial charge in [-0.3, -0.25) is 4.79 Å². The molecule has 1 saturated carbocycles. The van der Waals surface area contributed by atoms with Crippen LogP contribution in [0.4, 0.5) is 0 Å². The Morgan fingerprint density at radius 1 is 1.08 bits per heavy atom. The molecule has 1 heterocycles. The second-order valence-corrected chi connectivity index (χ2v) is 6.37. The van der Waals surface area contributed by atoms with E-state index in [0.29, 0.717) is 42.9 Å². The van der Waals surface area contributed by atoms with Gasteiger partial charge in [0.25, 0.3) is 5.91 Å². The fraction of sp³-hybridized carbons (Fsp3) is 0.350. The lowest BCUT2D eigenvalue weighted by Gasteiger charge is -2.24. The number of methoxy groups -OCH3 is 1. The van der Waals surface area contributed by atoms with Gasteiger partial charge in [-0.25, -0.2) is 0 Å². The van der Waals surface area contributed by atoms with Gasteiger partial charge >= 0.3 is 0 Å². The number of carbonyl (C=O) groups is 1. The Morgan fingerprint density at radius 2 is 1.80 bits per heavy atom. The van der Waals surface area contributed by atoms with Gasteiger partial charge in [-0.2, -0.15) is 0 Å². The maximum absolute atomic E-state index is 13.0. The van der Waals surface area contributed by atoms with Crippen LogP contribution in [0.1, 0.15) is 28.8 Å². The molecule has 1 aliphatic carbocycles. The van der Waals surface area contributed by atoms with Gasteiger partial charge in [0.05, 0.1) is 7.11 Å². The van der Waals surface area contributed by atoms with Gasteiger partial charge in [0.15, 0.2) is 11.5 Å². The van der Waals surface area contributed by atoms with E-state index >= 15 is 0 Å². The Kier molecular flexibility index (Phi) is 4.22. The molecule has 0 saturated heterocycles. The summed E-state index contributed by atoms with van der Waals surface area (Å²) >= 11 is 0. The first-order valence-electron chi connectivity index (χ1n) is 8.58. The number of hydrogen-bond donors (Lipinski definition) is 0. The summed E-state index contributed by atoms with van der Waals surface area (Å²) in [4.78, 5) is 15.0. The summed E-state index contributed by atoms with van der Waals surface area (Å²) in [6, 6.07) is 13.6. The van der Waals surface area contributed by atoms with Crippen molar-refractivity contribution in [1.82, 2.24) is 4.90 Å². The van der Waals surface area contributed by atoms with Crippen molar-refractivity contribution in [3.63, 3.8) is 0 Å². The first-order chi connectivity index (χ1) is 12.2. The number of nitrogens with zero attached hydrogens (tertiary/aromatic N) is 1. The van der Waals surface area contributed by atoms with Crippen LogP contribution in [0, 0.1) is 0 Å². The Labute approximate surface area is 147 Å². The average molecular weight is 339 g/mol. The Balaban J connectivity index is 1.54. The number of ether oxygens (including phenoxy) is 3. The molecule has 0 bridgehead atoms. The molecule has 0 spiro atoms. The van der Waals surface area contributed by atoms with E-state index in [0.717, 1.165) is 24.2 Å². The molecule has 5 heteroatoms. The van der Waals surface area contributed by atoms with Crippen LogP contribution in [0.2, 0.25) is 0 Å². The standard InChI is InChI=1S/C20H21NO4/c1-23-17-7-2-14(3-8-17)13-21(16-5-6-16)20(22)15-4-9-18-19(12-15)25-11-10-24-18/h2-4,7-9,12,16H,5-6,10-11,13H2,1H3. The molecule has 1 fully saturated rings. The molecule has 1 aliphatic heterocycles. The molecule has 2 aromatic carbocycles. The van der Waals surface area contributed by atoms with Gasteiger partial charge in [-0.1, -0.05) is 12.1 Å². The van der Waals surface area contributed by atoms with Gasteiger partial charge in [0, 0.05) is 18.2 Å². The van der Waals surface area contributed by atoms with E-state index in [1.54, 1.807) is 13.2 Å². The van der Waals surface area contributed by atoms with Crippen LogP contribution in [0.15, 0.2) is 42.5 Å². The molecule has 0 unspecified atom stereocenters. The van der Waals surface area contributed by atoms with E-state index in [-0.39, 0.29) is 5.91 Å². The molecule has 0 radical (unpaired) electrons. The van der Waals surface area contributed by atoms with E-state index in [4.69, 9.17) is 14.2 Å². The lowest BCUT2D eigenvalue weighted by Crippen LogP contribution is -2.32. The summed E-state index contributed by atoms with van der Waals surface area (Å²) in [6.45, 7) is 1.66. The lowest BCUT2D eigenvalue weighted by molar-refractivity contribution is 0.0728. The van der Waals surface area contributed by atoms with Gasteiger partial charge in [0.2, 0.25) is 0 Å². The molecular formula is C20H21NO4.